The average Bonchev–Trinajstić information content (AvgIpc) is 2.70. The third-order valence-corrected chi connectivity index (χ3v) is 7.20. The number of benzene rings is 1. The summed E-state index contributed by atoms with van der Waals surface area (Å²) in [5.41, 5.74) is 2.61. The van der Waals surface area contributed by atoms with Gasteiger partial charge in [-0.2, -0.15) is 0 Å². The molecule has 0 fully saturated rings. The molecule has 7 nitrogen and oxygen atoms in total. The molecule has 0 saturated heterocycles. The fourth-order valence-corrected chi connectivity index (χ4v) is 5.13. The molecule has 2 aliphatic rings. The van der Waals surface area contributed by atoms with Crippen molar-refractivity contribution in [3.05, 3.63) is 34.3 Å². The van der Waals surface area contributed by atoms with Crippen molar-refractivity contribution in [2.24, 2.45) is 0 Å². The lowest BCUT2D eigenvalue weighted by Gasteiger charge is -2.30. The Labute approximate surface area is 166 Å². The number of allylic oxidation sites excluding steroid dienone is 2. The lowest BCUT2D eigenvalue weighted by molar-refractivity contribution is -0.116. The van der Waals surface area contributed by atoms with Crippen LogP contribution in [0.4, 0.5) is 5.69 Å². The molecule has 0 bridgehead atoms. The molecular formula is C20H26N2O5S. The average molecular weight is 407 g/mol. The number of carbonyl (C=O) groups is 1. The van der Waals surface area contributed by atoms with Gasteiger partial charge in [0.2, 0.25) is 0 Å². The largest absolute Gasteiger partial charge is 0.493 e. The summed E-state index contributed by atoms with van der Waals surface area (Å²) in [5.74, 6) is 0.310. The number of anilines is 1. The number of sulfonamides is 1. The number of rotatable bonds is 5. The molecule has 152 valence electrons. The first-order chi connectivity index (χ1) is 13.3. The number of ether oxygens (including phenoxy) is 2. The van der Waals surface area contributed by atoms with Crippen molar-refractivity contribution in [3.8, 4) is 11.5 Å². The smallest absolute Gasteiger partial charge is 0.269 e. The quantitative estimate of drug-likeness (QED) is 0.760. The van der Waals surface area contributed by atoms with E-state index in [1.165, 1.54) is 21.3 Å². The second-order valence-electron chi connectivity index (χ2n) is 6.94. The Bertz CT molecular complexity index is 963. The van der Waals surface area contributed by atoms with E-state index >= 15 is 0 Å². The van der Waals surface area contributed by atoms with Gasteiger partial charge in [-0.15, -0.1) is 0 Å². The maximum absolute atomic E-state index is 13.1. The van der Waals surface area contributed by atoms with Crippen molar-refractivity contribution < 1.29 is 22.7 Å². The first-order valence-corrected chi connectivity index (χ1v) is 10.7. The summed E-state index contributed by atoms with van der Waals surface area (Å²) in [6, 6.07) is 3.31. The van der Waals surface area contributed by atoms with Gasteiger partial charge >= 0.3 is 0 Å². The van der Waals surface area contributed by atoms with E-state index in [1.807, 2.05) is 0 Å². The number of nitrogens with one attached hydrogen (secondary N) is 1. The van der Waals surface area contributed by atoms with E-state index in [-0.39, 0.29) is 4.91 Å². The first-order valence-electron chi connectivity index (χ1n) is 9.23. The summed E-state index contributed by atoms with van der Waals surface area (Å²) in [5, 5.41) is 2.78. The summed E-state index contributed by atoms with van der Waals surface area (Å²) in [6.07, 6.45) is 6.31. The molecule has 3 rings (SSSR count). The predicted molar refractivity (Wildman–Crippen MR) is 109 cm³/mol. The van der Waals surface area contributed by atoms with Gasteiger partial charge in [-0.1, -0.05) is 11.6 Å². The highest BCUT2D eigenvalue weighted by Crippen LogP contribution is 2.44. The predicted octanol–water partition coefficient (Wildman–Crippen LogP) is 2.83. The molecule has 0 atom stereocenters. The van der Waals surface area contributed by atoms with E-state index in [2.05, 4.69) is 11.4 Å². The van der Waals surface area contributed by atoms with E-state index in [9.17, 15) is 13.2 Å². The minimum Gasteiger partial charge on any atom is -0.493 e. The van der Waals surface area contributed by atoms with Gasteiger partial charge in [0.15, 0.2) is 16.4 Å². The Hall–Kier alpha value is -2.48. The van der Waals surface area contributed by atoms with E-state index in [1.54, 1.807) is 19.1 Å². The Morgan fingerprint density at radius 3 is 2.46 bits per heavy atom. The summed E-state index contributed by atoms with van der Waals surface area (Å²) >= 11 is 0. The van der Waals surface area contributed by atoms with Crippen LogP contribution in [0.1, 0.15) is 38.2 Å². The number of hydrogen-bond donors (Lipinski definition) is 1. The van der Waals surface area contributed by atoms with Crippen molar-refractivity contribution in [3.63, 3.8) is 0 Å². The topological polar surface area (TPSA) is 84.9 Å². The van der Waals surface area contributed by atoms with Crippen LogP contribution in [0.25, 0.3) is 5.57 Å². The van der Waals surface area contributed by atoms with Crippen LogP contribution < -0.4 is 19.1 Å². The number of carbonyl (C=O) groups excluding carboxylic acids is 1. The van der Waals surface area contributed by atoms with Gasteiger partial charge in [0, 0.05) is 25.2 Å². The van der Waals surface area contributed by atoms with Crippen LogP contribution in [0.2, 0.25) is 0 Å². The van der Waals surface area contributed by atoms with Crippen molar-refractivity contribution in [2.45, 2.75) is 32.6 Å². The Morgan fingerprint density at radius 1 is 1.18 bits per heavy atom. The van der Waals surface area contributed by atoms with Crippen LogP contribution in [0.3, 0.4) is 0 Å². The van der Waals surface area contributed by atoms with Crippen molar-refractivity contribution >= 4 is 27.2 Å². The van der Waals surface area contributed by atoms with Gasteiger partial charge < -0.3 is 14.8 Å². The molecule has 28 heavy (non-hydrogen) atoms. The summed E-state index contributed by atoms with van der Waals surface area (Å²) in [4.78, 5) is 12.6. The van der Waals surface area contributed by atoms with Crippen LogP contribution in [0.5, 0.6) is 11.5 Å². The third-order valence-electron chi connectivity index (χ3n) is 5.27. The summed E-state index contributed by atoms with van der Waals surface area (Å²) in [7, 11) is 0.459. The highest BCUT2D eigenvalue weighted by molar-refractivity contribution is 7.97. The minimum atomic E-state index is -3.98. The van der Waals surface area contributed by atoms with E-state index in [0.717, 1.165) is 35.6 Å². The van der Waals surface area contributed by atoms with Crippen molar-refractivity contribution in [1.29, 1.82) is 0 Å². The molecule has 0 spiro atoms. The van der Waals surface area contributed by atoms with Gasteiger partial charge in [0.25, 0.3) is 15.9 Å². The number of nitrogens with zero attached hydrogens (tertiary/aromatic N) is 1. The molecule has 1 aliphatic heterocycles. The summed E-state index contributed by atoms with van der Waals surface area (Å²) < 4.78 is 37.8. The van der Waals surface area contributed by atoms with Gasteiger partial charge in [-0.3, -0.25) is 9.10 Å². The van der Waals surface area contributed by atoms with Gasteiger partial charge in [0.1, 0.15) is 0 Å². The van der Waals surface area contributed by atoms with Crippen LogP contribution in [0, 0.1) is 0 Å². The zero-order valence-corrected chi connectivity index (χ0v) is 17.5. The molecule has 8 heteroatoms. The number of amides is 1. The van der Waals surface area contributed by atoms with E-state index < -0.39 is 15.9 Å². The fraction of sp³-hybridized carbons (Fsp3) is 0.450. The molecule has 1 aromatic carbocycles. The zero-order chi connectivity index (χ0) is 20.5. The Morgan fingerprint density at radius 2 is 1.86 bits per heavy atom. The molecule has 0 aromatic heterocycles. The number of methoxy groups -OCH3 is 2. The highest BCUT2D eigenvalue weighted by Gasteiger charge is 2.38. The first kappa shape index (κ1) is 20.3. The molecule has 0 unspecified atom stereocenters. The van der Waals surface area contributed by atoms with Crippen LogP contribution in [0.15, 0.2) is 28.7 Å². The SMILES string of the molecule is COc1cc2c(cc1OC)N(C)S(=O)(=O)C(C(=O)NCC1=CCCCC1)=C2C. The molecule has 0 radical (unpaired) electrons. The number of hydrogen-bond acceptors (Lipinski definition) is 5. The standard InChI is InChI=1S/C20H26N2O5S/c1-13-15-10-17(26-3)18(27-4)11-16(15)22(2)28(24,25)19(13)20(23)21-12-14-8-6-5-7-9-14/h8,10-11H,5-7,9,12H2,1-4H3,(H,21,23). The molecule has 0 saturated carbocycles. The number of fused-ring (bicyclic) bond motifs is 1. The third kappa shape index (κ3) is 3.48. The fourth-order valence-electron chi connectivity index (χ4n) is 3.64. The van der Waals surface area contributed by atoms with E-state index in [4.69, 9.17) is 9.47 Å². The monoisotopic (exact) mass is 406 g/mol. The highest BCUT2D eigenvalue weighted by atomic mass is 32.2. The van der Waals surface area contributed by atoms with Gasteiger partial charge in [0.05, 0.1) is 19.9 Å². The molecule has 1 aliphatic carbocycles. The second kappa shape index (κ2) is 7.87. The molecule has 1 N–H and O–H groups in total. The Balaban J connectivity index is 2.02. The van der Waals surface area contributed by atoms with Gasteiger partial charge in [-0.05, 0) is 44.2 Å². The lowest BCUT2D eigenvalue weighted by atomic mass is 9.99. The Kier molecular flexibility index (Phi) is 5.69. The van der Waals surface area contributed by atoms with Gasteiger partial charge in [-0.25, -0.2) is 8.42 Å². The zero-order valence-electron chi connectivity index (χ0n) is 16.7. The molecular weight excluding hydrogens is 380 g/mol. The molecule has 1 aromatic rings. The minimum absolute atomic E-state index is 0.230. The molecule has 1 amide bonds. The van der Waals surface area contributed by atoms with Crippen LogP contribution in [-0.2, 0) is 14.8 Å². The molecule has 1 heterocycles. The van der Waals surface area contributed by atoms with Crippen molar-refractivity contribution in [2.75, 3.05) is 32.1 Å². The van der Waals surface area contributed by atoms with Crippen LogP contribution >= 0.6 is 0 Å². The van der Waals surface area contributed by atoms with E-state index in [0.29, 0.717) is 34.9 Å². The normalized spacial score (nSPS) is 18.3. The maximum atomic E-state index is 13.1. The van der Waals surface area contributed by atoms with Crippen LogP contribution in [-0.4, -0.2) is 42.1 Å². The second-order valence-corrected chi connectivity index (χ2v) is 8.85. The summed E-state index contributed by atoms with van der Waals surface area (Å²) in [6.45, 7) is 2.01. The van der Waals surface area contributed by atoms with Crippen molar-refractivity contribution in [1.82, 2.24) is 5.32 Å². The lowest BCUT2D eigenvalue weighted by Crippen LogP contribution is -2.39. The maximum Gasteiger partial charge on any atom is 0.269 e.